The van der Waals surface area contributed by atoms with Crippen LogP contribution < -0.4 is 0 Å². The normalized spacial score (nSPS) is 14.3. The van der Waals surface area contributed by atoms with Crippen LogP contribution in [0.5, 0.6) is 0 Å². The van der Waals surface area contributed by atoms with Gasteiger partial charge in [-0.2, -0.15) is 12.1 Å². The Kier molecular flexibility index (Phi) is 17.0. The van der Waals surface area contributed by atoms with Crippen LogP contribution in [0, 0.1) is 11.8 Å². The standard InChI is InChI=1S/2C23H25.C2H6Si.2ClH.Zr/c2*1-2-17-10-12-20(13-11-17)22-9-5-8-21-15-19(16-23(21)22)14-18-6-3-4-7-18;1-3-2;;;/h2*5,8-13,15-16,18H,2-4,6-7,14H2,1H3;1-2H3;2*1H;/q2*-1;;;;+4/p-2. The predicted octanol–water partition coefficient (Wildman–Crippen LogP) is 15.2. The predicted molar refractivity (Wildman–Crippen MR) is 229 cm³/mol. The van der Waals surface area contributed by atoms with Gasteiger partial charge >= 0.3 is 37.9 Å². The topological polar surface area (TPSA) is 0 Å². The van der Waals surface area contributed by atoms with Crippen LogP contribution in [0.25, 0.3) is 43.8 Å². The molecule has 0 bridgehead atoms. The van der Waals surface area contributed by atoms with Gasteiger partial charge in [0.2, 0.25) is 0 Å². The zero-order valence-electron chi connectivity index (χ0n) is 31.8. The molecule has 0 nitrogen and oxygen atoms in total. The fraction of sp³-hybridized carbons (Fsp3) is 0.375. The van der Waals surface area contributed by atoms with Crippen molar-refractivity contribution in [3.8, 4) is 22.3 Å². The Hall–Kier alpha value is -2.22. The van der Waals surface area contributed by atoms with Crippen LogP contribution in [0.2, 0.25) is 13.1 Å². The molecule has 4 heteroatoms. The summed E-state index contributed by atoms with van der Waals surface area (Å²) in [5.74, 6) is 1.83. The third kappa shape index (κ3) is 11.4. The summed E-state index contributed by atoms with van der Waals surface area (Å²) in [6, 6.07) is 41.3. The van der Waals surface area contributed by atoms with E-state index in [0.717, 1.165) is 34.2 Å². The number of halogens is 2. The Labute approximate surface area is 335 Å². The van der Waals surface area contributed by atoms with E-state index in [9.17, 15) is 0 Å². The van der Waals surface area contributed by atoms with Gasteiger partial charge < -0.3 is 0 Å². The molecule has 0 N–H and O–H groups in total. The first-order valence-electron chi connectivity index (χ1n) is 19.6. The van der Waals surface area contributed by atoms with Gasteiger partial charge in [0.1, 0.15) is 0 Å². The molecular weight excluding hydrogens is 767 g/mol. The molecule has 2 radical (unpaired) electrons. The average molecular weight is 823 g/mol. The van der Waals surface area contributed by atoms with E-state index in [4.69, 9.17) is 17.0 Å². The van der Waals surface area contributed by atoms with E-state index in [1.54, 1.807) is 0 Å². The quantitative estimate of drug-likeness (QED) is 0.106. The van der Waals surface area contributed by atoms with Gasteiger partial charge in [-0.15, -0.1) is 69.1 Å². The van der Waals surface area contributed by atoms with Gasteiger partial charge in [0.05, 0.1) is 0 Å². The van der Waals surface area contributed by atoms with Crippen LogP contribution in [0.1, 0.15) is 87.5 Å². The number of benzene rings is 4. The van der Waals surface area contributed by atoms with Crippen molar-refractivity contribution in [2.75, 3.05) is 0 Å². The third-order valence-corrected chi connectivity index (χ3v) is 11.0. The fourth-order valence-electron chi connectivity index (χ4n) is 8.27. The molecule has 0 aliphatic heterocycles. The maximum atomic E-state index is 4.93. The van der Waals surface area contributed by atoms with Crippen molar-refractivity contribution >= 4 is 48.1 Å². The summed E-state index contributed by atoms with van der Waals surface area (Å²) in [4.78, 5) is 0. The molecular formula is C48H56Cl2SiZr. The molecule has 270 valence electrons. The van der Waals surface area contributed by atoms with Crippen molar-refractivity contribution in [1.29, 1.82) is 0 Å². The molecule has 6 aromatic rings. The van der Waals surface area contributed by atoms with Gasteiger partial charge in [0.15, 0.2) is 0 Å². The number of hydrogen-bond acceptors (Lipinski definition) is 0. The molecule has 0 atom stereocenters. The monoisotopic (exact) mass is 820 g/mol. The van der Waals surface area contributed by atoms with Crippen LogP contribution in [-0.2, 0) is 46.5 Å². The molecule has 0 unspecified atom stereocenters. The van der Waals surface area contributed by atoms with Gasteiger partial charge in [-0.1, -0.05) is 150 Å². The number of fused-ring (bicyclic) bond motifs is 2. The summed E-state index contributed by atoms with van der Waals surface area (Å²) in [6.07, 6.45) is 16.2. The maximum absolute atomic E-state index is 4.93. The number of aryl methyl sites for hydroxylation is 2. The minimum absolute atomic E-state index is 0.826. The van der Waals surface area contributed by atoms with Crippen LogP contribution in [-0.4, -0.2) is 9.52 Å². The van der Waals surface area contributed by atoms with Gasteiger partial charge in [-0.3, -0.25) is 0 Å². The molecule has 2 aliphatic carbocycles. The van der Waals surface area contributed by atoms with Crippen LogP contribution in [0.3, 0.4) is 0 Å². The van der Waals surface area contributed by atoms with Crippen LogP contribution in [0.4, 0.5) is 0 Å². The van der Waals surface area contributed by atoms with E-state index >= 15 is 0 Å². The van der Waals surface area contributed by atoms with E-state index < -0.39 is 20.8 Å². The molecule has 52 heavy (non-hydrogen) atoms. The summed E-state index contributed by atoms with van der Waals surface area (Å²) >= 11 is -0.826. The van der Waals surface area contributed by atoms with Crippen molar-refractivity contribution in [3.63, 3.8) is 0 Å². The Morgan fingerprint density at radius 3 is 1.25 bits per heavy atom. The summed E-state index contributed by atoms with van der Waals surface area (Å²) in [5.41, 5.74) is 11.3. The van der Waals surface area contributed by atoms with Crippen molar-refractivity contribution < 1.29 is 20.8 Å². The fourth-order valence-corrected chi connectivity index (χ4v) is 8.27. The summed E-state index contributed by atoms with van der Waals surface area (Å²) in [7, 11) is 11.0. The molecule has 2 saturated carbocycles. The molecule has 0 heterocycles. The Morgan fingerprint density at radius 2 is 0.923 bits per heavy atom. The first-order valence-corrected chi connectivity index (χ1v) is 27.9. The second kappa shape index (κ2) is 21.6. The Morgan fingerprint density at radius 1 is 0.577 bits per heavy atom. The number of rotatable bonds is 8. The van der Waals surface area contributed by atoms with E-state index in [1.165, 1.54) is 130 Å². The van der Waals surface area contributed by atoms with Crippen molar-refractivity contribution in [2.24, 2.45) is 11.8 Å². The van der Waals surface area contributed by atoms with Crippen LogP contribution >= 0.6 is 17.0 Å². The second-order valence-corrected chi connectivity index (χ2v) is 19.5. The van der Waals surface area contributed by atoms with E-state index in [1.807, 2.05) is 0 Å². The van der Waals surface area contributed by atoms with Gasteiger partial charge in [0, 0.05) is 9.52 Å². The van der Waals surface area contributed by atoms with Gasteiger partial charge in [-0.05, 0) is 59.8 Å². The van der Waals surface area contributed by atoms with Crippen molar-refractivity contribution in [3.05, 3.63) is 131 Å². The zero-order valence-corrected chi connectivity index (χ0v) is 36.8. The SMILES string of the molecule is CCc1ccc(-c2cccc3[cH-]c(CC4CCCC4)cc23)cc1.CCc1ccc(-c2cccc3[cH-]c(CC4CCCC4)cc23)cc1.C[Si]C.[Cl][Zr+2][Cl]. The second-order valence-electron chi connectivity index (χ2n) is 14.7. The van der Waals surface area contributed by atoms with Crippen molar-refractivity contribution in [2.45, 2.75) is 104 Å². The Balaban J connectivity index is 0.000000175. The molecule has 0 aromatic heterocycles. The van der Waals surface area contributed by atoms with Gasteiger partial charge in [-0.25, -0.2) is 0 Å². The van der Waals surface area contributed by atoms with Gasteiger partial charge in [0.25, 0.3) is 0 Å². The molecule has 0 spiro atoms. The first-order chi connectivity index (χ1) is 25.5. The van der Waals surface area contributed by atoms with E-state index in [0.29, 0.717) is 0 Å². The minimum atomic E-state index is -0.826. The molecule has 6 aromatic carbocycles. The molecule has 0 saturated heterocycles. The Bertz CT molecular complexity index is 1760. The molecule has 8 rings (SSSR count). The number of hydrogen-bond donors (Lipinski definition) is 0. The van der Waals surface area contributed by atoms with Crippen LogP contribution in [0.15, 0.2) is 109 Å². The third-order valence-electron chi connectivity index (χ3n) is 11.0. The molecule has 2 aliphatic rings. The molecule has 2 fully saturated rings. The summed E-state index contributed by atoms with van der Waals surface area (Å²) in [5, 5.41) is 5.64. The van der Waals surface area contributed by atoms with E-state index in [-0.39, 0.29) is 0 Å². The average Bonchev–Trinajstić information content (AvgIpc) is 4.01. The summed E-state index contributed by atoms with van der Waals surface area (Å²) < 4.78 is 0. The van der Waals surface area contributed by atoms with Crippen molar-refractivity contribution in [1.82, 2.24) is 0 Å². The van der Waals surface area contributed by atoms with E-state index in [2.05, 4.69) is 136 Å². The molecule has 0 amide bonds. The summed E-state index contributed by atoms with van der Waals surface area (Å²) in [6.45, 7) is 8.73. The first kappa shape index (κ1) is 41.0. The zero-order chi connectivity index (χ0) is 36.7.